The van der Waals surface area contributed by atoms with Gasteiger partial charge < -0.3 is 9.88 Å². The van der Waals surface area contributed by atoms with Crippen LogP contribution < -0.4 is 5.32 Å². The van der Waals surface area contributed by atoms with Gasteiger partial charge in [-0.15, -0.1) is 10.2 Å². The molecule has 0 spiro atoms. The molecule has 6 nitrogen and oxygen atoms in total. The highest BCUT2D eigenvalue weighted by molar-refractivity contribution is 7.18. The van der Waals surface area contributed by atoms with Crippen molar-refractivity contribution in [3.8, 4) is 10.7 Å². The van der Waals surface area contributed by atoms with Crippen LogP contribution in [0.15, 0.2) is 67.4 Å². The van der Waals surface area contributed by atoms with Crippen molar-refractivity contribution in [1.29, 1.82) is 0 Å². The Hall–Kier alpha value is -3.06. The van der Waals surface area contributed by atoms with E-state index in [1.54, 1.807) is 12.4 Å². The number of benzene rings is 1. The lowest BCUT2D eigenvalue weighted by Crippen LogP contribution is -2.00. The molecular formula is C18H16N6S. The molecule has 0 aliphatic heterocycles. The molecule has 1 aromatic carbocycles. The Morgan fingerprint density at radius 3 is 2.60 bits per heavy atom. The predicted molar refractivity (Wildman–Crippen MR) is 98.2 cm³/mol. The van der Waals surface area contributed by atoms with Crippen LogP contribution in [-0.2, 0) is 13.1 Å². The quantitative estimate of drug-likeness (QED) is 0.578. The fourth-order valence-electron chi connectivity index (χ4n) is 2.42. The van der Waals surface area contributed by atoms with Crippen LogP contribution in [0.5, 0.6) is 0 Å². The number of pyridine rings is 1. The summed E-state index contributed by atoms with van der Waals surface area (Å²) in [5.74, 6) is 0. The van der Waals surface area contributed by atoms with Crippen molar-refractivity contribution < 1.29 is 0 Å². The van der Waals surface area contributed by atoms with Crippen LogP contribution in [0.2, 0.25) is 0 Å². The largest absolute Gasteiger partial charge is 0.356 e. The zero-order valence-corrected chi connectivity index (χ0v) is 14.2. The fraction of sp³-hybridized carbons (Fsp3) is 0.111. The summed E-state index contributed by atoms with van der Waals surface area (Å²) < 4.78 is 2.05. The van der Waals surface area contributed by atoms with E-state index in [1.807, 2.05) is 35.3 Å². The first-order valence-electron chi connectivity index (χ1n) is 7.89. The first-order valence-corrected chi connectivity index (χ1v) is 8.71. The molecule has 7 heteroatoms. The van der Waals surface area contributed by atoms with E-state index in [2.05, 4.69) is 49.7 Å². The molecule has 0 bridgehead atoms. The van der Waals surface area contributed by atoms with Crippen molar-refractivity contribution in [2.45, 2.75) is 13.1 Å². The molecule has 1 N–H and O–H groups in total. The van der Waals surface area contributed by atoms with E-state index in [4.69, 9.17) is 0 Å². The molecule has 4 rings (SSSR count). The summed E-state index contributed by atoms with van der Waals surface area (Å²) >= 11 is 1.51. The van der Waals surface area contributed by atoms with E-state index in [1.165, 1.54) is 22.5 Å². The van der Waals surface area contributed by atoms with Crippen LogP contribution >= 0.6 is 11.3 Å². The van der Waals surface area contributed by atoms with Gasteiger partial charge in [-0.25, -0.2) is 4.98 Å². The van der Waals surface area contributed by atoms with Crippen molar-refractivity contribution in [2.75, 3.05) is 5.32 Å². The van der Waals surface area contributed by atoms with Crippen LogP contribution in [0.25, 0.3) is 10.7 Å². The summed E-state index contributed by atoms with van der Waals surface area (Å²) in [5, 5.41) is 13.3. The van der Waals surface area contributed by atoms with Crippen molar-refractivity contribution >= 4 is 16.5 Å². The minimum absolute atomic E-state index is 0.711. The van der Waals surface area contributed by atoms with Crippen molar-refractivity contribution in [1.82, 2.24) is 24.7 Å². The average Bonchev–Trinajstić information content (AvgIpc) is 3.34. The third-order valence-corrected chi connectivity index (χ3v) is 4.60. The molecule has 0 aliphatic rings. The summed E-state index contributed by atoms with van der Waals surface area (Å²) in [5.41, 5.74) is 3.29. The molecule has 0 radical (unpaired) electrons. The summed E-state index contributed by atoms with van der Waals surface area (Å²) in [6.45, 7) is 1.54. The molecule has 0 saturated heterocycles. The zero-order chi connectivity index (χ0) is 16.9. The number of rotatable bonds is 6. The van der Waals surface area contributed by atoms with Crippen molar-refractivity contribution in [2.24, 2.45) is 0 Å². The SMILES string of the molecule is c1ccc(-c2nnc(NCc3ccc(Cn4ccnc4)cc3)s2)nc1. The number of anilines is 1. The predicted octanol–water partition coefficient (Wildman–Crippen LogP) is 3.46. The van der Waals surface area contributed by atoms with E-state index in [0.29, 0.717) is 6.54 Å². The number of hydrogen-bond acceptors (Lipinski definition) is 6. The Bertz CT molecular complexity index is 916. The number of imidazole rings is 1. The number of nitrogens with zero attached hydrogens (tertiary/aromatic N) is 5. The Balaban J connectivity index is 1.36. The topological polar surface area (TPSA) is 68.5 Å². The Kier molecular flexibility index (Phi) is 4.47. The molecule has 0 saturated carbocycles. The fourth-order valence-corrected chi connectivity index (χ4v) is 3.13. The van der Waals surface area contributed by atoms with Gasteiger partial charge in [-0.05, 0) is 23.3 Å². The van der Waals surface area contributed by atoms with Gasteiger partial charge in [0.1, 0.15) is 5.69 Å². The van der Waals surface area contributed by atoms with Crippen LogP contribution in [0.3, 0.4) is 0 Å². The zero-order valence-electron chi connectivity index (χ0n) is 13.4. The Morgan fingerprint density at radius 1 is 0.960 bits per heavy atom. The molecule has 0 unspecified atom stereocenters. The minimum Gasteiger partial charge on any atom is -0.356 e. The number of hydrogen-bond donors (Lipinski definition) is 1. The first-order chi connectivity index (χ1) is 12.4. The summed E-state index contributed by atoms with van der Waals surface area (Å²) in [4.78, 5) is 8.35. The molecular weight excluding hydrogens is 332 g/mol. The van der Waals surface area contributed by atoms with E-state index in [0.717, 1.165) is 22.4 Å². The molecule has 25 heavy (non-hydrogen) atoms. The first kappa shape index (κ1) is 15.5. The smallest absolute Gasteiger partial charge is 0.206 e. The highest BCUT2D eigenvalue weighted by atomic mass is 32.1. The lowest BCUT2D eigenvalue weighted by molar-refractivity contribution is 0.797. The van der Waals surface area contributed by atoms with Crippen LogP contribution in [0.1, 0.15) is 11.1 Å². The van der Waals surface area contributed by atoms with Crippen molar-refractivity contribution in [3.63, 3.8) is 0 Å². The van der Waals surface area contributed by atoms with Gasteiger partial charge in [0.05, 0.1) is 6.33 Å². The Labute approximate surface area is 149 Å². The van der Waals surface area contributed by atoms with E-state index < -0.39 is 0 Å². The minimum atomic E-state index is 0.711. The van der Waals surface area contributed by atoms with Gasteiger partial charge in [0.2, 0.25) is 5.13 Å². The van der Waals surface area contributed by atoms with E-state index >= 15 is 0 Å². The average molecular weight is 348 g/mol. The lowest BCUT2D eigenvalue weighted by atomic mass is 10.1. The third-order valence-electron chi connectivity index (χ3n) is 3.70. The molecule has 0 fully saturated rings. The normalized spacial score (nSPS) is 10.7. The van der Waals surface area contributed by atoms with Gasteiger partial charge in [0, 0.05) is 31.7 Å². The molecule has 0 atom stereocenters. The lowest BCUT2D eigenvalue weighted by Gasteiger charge is -2.05. The summed E-state index contributed by atoms with van der Waals surface area (Å²) in [6, 6.07) is 14.3. The second-order valence-electron chi connectivity index (χ2n) is 5.53. The maximum Gasteiger partial charge on any atom is 0.206 e. The highest BCUT2D eigenvalue weighted by Gasteiger charge is 2.07. The molecule has 3 aromatic heterocycles. The van der Waals surface area contributed by atoms with Crippen molar-refractivity contribution in [3.05, 3.63) is 78.5 Å². The van der Waals surface area contributed by atoms with Gasteiger partial charge in [-0.1, -0.05) is 41.7 Å². The van der Waals surface area contributed by atoms with Crippen LogP contribution in [0.4, 0.5) is 5.13 Å². The summed E-state index contributed by atoms with van der Waals surface area (Å²) in [7, 11) is 0. The second-order valence-corrected chi connectivity index (χ2v) is 6.51. The van der Waals surface area contributed by atoms with Gasteiger partial charge in [-0.2, -0.15) is 0 Å². The van der Waals surface area contributed by atoms with Crippen LogP contribution in [-0.4, -0.2) is 24.7 Å². The molecule has 4 aromatic rings. The number of aromatic nitrogens is 5. The van der Waals surface area contributed by atoms with E-state index in [9.17, 15) is 0 Å². The monoisotopic (exact) mass is 348 g/mol. The third kappa shape index (κ3) is 3.89. The van der Waals surface area contributed by atoms with Gasteiger partial charge in [0.25, 0.3) is 0 Å². The van der Waals surface area contributed by atoms with Gasteiger partial charge in [0.15, 0.2) is 5.01 Å². The molecule has 0 aliphatic carbocycles. The molecule has 124 valence electrons. The van der Waals surface area contributed by atoms with Gasteiger partial charge in [-0.3, -0.25) is 4.98 Å². The maximum absolute atomic E-state index is 4.29. The van der Waals surface area contributed by atoms with E-state index in [-0.39, 0.29) is 0 Å². The second kappa shape index (κ2) is 7.23. The highest BCUT2D eigenvalue weighted by Crippen LogP contribution is 2.24. The van der Waals surface area contributed by atoms with Gasteiger partial charge >= 0.3 is 0 Å². The van der Waals surface area contributed by atoms with Crippen LogP contribution in [0, 0.1) is 0 Å². The molecule has 3 heterocycles. The maximum atomic E-state index is 4.29. The molecule has 0 amide bonds. The standard InChI is InChI=1S/C18H16N6S/c1-2-8-20-16(3-1)17-22-23-18(25-17)21-11-14-4-6-15(7-5-14)12-24-10-9-19-13-24/h1-10,13H,11-12H2,(H,21,23). The number of nitrogens with one attached hydrogen (secondary N) is 1. The Morgan fingerprint density at radius 2 is 1.84 bits per heavy atom. The summed E-state index contributed by atoms with van der Waals surface area (Å²) in [6.07, 6.45) is 7.34.